The van der Waals surface area contributed by atoms with Gasteiger partial charge in [-0.25, -0.2) is 18.7 Å². The first kappa shape index (κ1) is 14.8. The van der Waals surface area contributed by atoms with Gasteiger partial charge in [0.15, 0.2) is 5.69 Å². The first-order valence-electron chi connectivity index (χ1n) is 7.25. The summed E-state index contributed by atoms with van der Waals surface area (Å²) in [5.41, 5.74) is 7.90. The molecule has 0 saturated heterocycles. The lowest BCUT2D eigenvalue weighted by molar-refractivity contribution is 0.624. The molecule has 0 radical (unpaired) electrons. The van der Waals surface area contributed by atoms with Crippen LogP contribution in [-0.2, 0) is 0 Å². The van der Waals surface area contributed by atoms with Crippen molar-refractivity contribution in [2.45, 2.75) is 0 Å². The second-order valence-electron chi connectivity index (χ2n) is 5.34. The van der Waals surface area contributed by atoms with Crippen molar-refractivity contribution >= 4 is 17.0 Å². The third-order valence-corrected chi connectivity index (χ3v) is 3.85. The number of halogens is 2. The average Bonchev–Trinajstić information content (AvgIpc) is 3.15. The zero-order valence-electron chi connectivity index (χ0n) is 12.7. The number of benzene rings is 1. The number of hydrogen-bond acceptors (Lipinski definition) is 4. The third kappa shape index (κ3) is 2.30. The van der Waals surface area contributed by atoms with Crippen LogP contribution in [0.15, 0.2) is 42.7 Å². The van der Waals surface area contributed by atoms with Gasteiger partial charge in [-0.05, 0) is 30.3 Å². The summed E-state index contributed by atoms with van der Waals surface area (Å²) in [6.07, 6.45) is 2.69. The van der Waals surface area contributed by atoms with Crippen LogP contribution in [0.2, 0.25) is 0 Å². The maximum absolute atomic E-state index is 13.6. The number of nitriles is 1. The minimum Gasteiger partial charge on any atom is -0.369 e. The smallest absolute Gasteiger partial charge is 0.206 e. The van der Waals surface area contributed by atoms with E-state index in [0.29, 0.717) is 28.0 Å². The molecule has 0 aliphatic heterocycles. The van der Waals surface area contributed by atoms with Gasteiger partial charge >= 0.3 is 0 Å². The van der Waals surface area contributed by atoms with Crippen molar-refractivity contribution in [3.63, 3.8) is 0 Å². The molecule has 0 aliphatic rings. The number of nitrogen functional groups attached to an aromatic ring is 1. The zero-order valence-corrected chi connectivity index (χ0v) is 12.7. The Morgan fingerprint density at radius 1 is 1.16 bits per heavy atom. The number of nitrogens with one attached hydrogen (secondary N) is 1. The summed E-state index contributed by atoms with van der Waals surface area (Å²) in [5, 5.41) is 10.1. The number of aromatic nitrogens is 4. The van der Waals surface area contributed by atoms with E-state index in [1.54, 1.807) is 6.20 Å². The lowest BCUT2D eigenvalue weighted by Crippen LogP contribution is -2.02. The van der Waals surface area contributed by atoms with Gasteiger partial charge < -0.3 is 10.7 Å². The molecule has 25 heavy (non-hydrogen) atoms. The molecule has 4 aromatic rings. The first-order chi connectivity index (χ1) is 12.1. The van der Waals surface area contributed by atoms with Crippen LogP contribution in [-0.4, -0.2) is 19.5 Å². The molecule has 0 unspecified atom stereocenters. The fourth-order valence-electron chi connectivity index (χ4n) is 2.75. The quantitative estimate of drug-likeness (QED) is 0.588. The van der Waals surface area contributed by atoms with Gasteiger partial charge in [-0.2, -0.15) is 5.26 Å². The molecule has 8 heteroatoms. The van der Waals surface area contributed by atoms with E-state index < -0.39 is 11.6 Å². The number of nitrogens with two attached hydrogens (primary N) is 1. The predicted molar refractivity (Wildman–Crippen MR) is 87.7 cm³/mol. The van der Waals surface area contributed by atoms with Crippen molar-refractivity contribution in [3.05, 3.63) is 60.1 Å². The van der Waals surface area contributed by atoms with Gasteiger partial charge in [0.1, 0.15) is 29.0 Å². The van der Waals surface area contributed by atoms with Crippen molar-refractivity contribution < 1.29 is 8.78 Å². The Morgan fingerprint density at radius 2 is 1.92 bits per heavy atom. The summed E-state index contributed by atoms with van der Waals surface area (Å²) in [5.74, 6) is -0.839. The van der Waals surface area contributed by atoms with Crippen LogP contribution in [0.1, 0.15) is 5.69 Å². The molecule has 4 rings (SSSR count). The van der Waals surface area contributed by atoms with Crippen LogP contribution in [0, 0.1) is 23.0 Å². The molecular formula is C17H10F2N6. The summed E-state index contributed by atoms with van der Waals surface area (Å²) in [6, 6.07) is 8.89. The molecule has 0 aliphatic carbocycles. The van der Waals surface area contributed by atoms with E-state index in [4.69, 9.17) is 5.73 Å². The predicted octanol–water partition coefficient (Wildman–Crippen LogP) is 3.15. The van der Waals surface area contributed by atoms with E-state index >= 15 is 0 Å². The number of rotatable bonds is 2. The van der Waals surface area contributed by atoms with Crippen molar-refractivity contribution in [1.82, 2.24) is 19.5 Å². The molecule has 6 nitrogen and oxygen atoms in total. The Balaban J connectivity index is 1.97. The van der Waals surface area contributed by atoms with Gasteiger partial charge in [-0.15, -0.1) is 0 Å². The highest BCUT2D eigenvalue weighted by Gasteiger charge is 2.21. The molecule has 3 N–H and O–H groups in total. The van der Waals surface area contributed by atoms with Crippen LogP contribution in [0.5, 0.6) is 0 Å². The van der Waals surface area contributed by atoms with Crippen LogP contribution < -0.4 is 5.73 Å². The summed E-state index contributed by atoms with van der Waals surface area (Å²) in [6.45, 7) is 0. The van der Waals surface area contributed by atoms with Crippen molar-refractivity contribution in [2.24, 2.45) is 0 Å². The highest BCUT2D eigenvalue weighted by molar-refractivity contribution is 5.94. The van der Waals surface area contributed by atoms with Gasteiger partial charge in [0.25, 0.3) is 0 Å². The summed E-state index contributed by atoms with van der Waals surface area (Å²) >= 11 is 0. The van der Waals surface area contributed by atoms with E-state index in [2.05, 4.69) is 21.0 Å². The van der Waals surface area contributed by atoms with Crippen LogP contribution in [0.4, 0.5) is 14.7 Å². The normalized spacial score (nSPS) is 10.9. The molecule has 0 amide bonds. The molecule has 0 saturated carbocycles. The number of hydrogen-bond donors (Lipinski definition) is 2. The summed E-state index contributed by atoms with van der Waals surface area (Å²) in [4.78, 5) is 11.1. The minimum atomic E-state index is -0.502. The number of H-pyrrole nitrogens is 1. The summed E-state index contributed by atoms with van der Waals surface area (Å²) in [7, 11) is 0. The van der Waals surface area contributed by atoms with Crippen molar-refractivity contribution in [1.29, 1.82) is 5.26 Å². The third-order valence-electron chi connectivity index (χ3n) is 3.85. The number of pyridine rings is 1. The van der Waals surface area contributed by atoms with E-state index in [-0.39, 0.29) is 11.6 Å². The maximum Gasteiger partial charge on any atom is 0.206 e. The summed E-state index contributed by atoms with van der Waals surface area (Å²) < 4.78 is 28.1. The standard InChI is InChI=1S/C17H10F2N6/c18-9-1-3-11(4-2-9)25-14(6-20)15(24-17(25)21)13-8-23-16-12(13)5-10(19)7-22-16/h1-5,7-8H,(H2,21,24)(H,22,23). The lowest BCUT2D eigenvalue weighted by Gasteiger charge is -2.06. The number of anilines is 1. The van der Waals surface area contributed by atoms with Gasteiger partial charge in [0.2, 0.25) is 5.95 Å². The van der Waals surface area contributed by atoms with Crippen molar-refractivity contribution in [3.8, 4) is 23.0 Å². The topological polar surface area (TPSA) is 96.3 Å². The zero-order chi connectivity index (χ0) is 17.6. The fourth-order valence-corrected chi connectivity index (χ4v) is 2.75. The number of imidazole rings is 1. The largest absolute Gasteiger partial charge is 0.369 e. The molecule has 3 aromatic heterocycles. The Kier molecular flexibility index (Phi) is 3.22. The Bertz CT molecular complexity index is 1130. The Morgan fingerprint density at radius 3 is 2.64 bits per heavy atom. The lowest BCUT2D eigenvalue weighted by atomic mass is 10.1. The molecule has 0 fully saturated rings. The van der Waals surface area contributed by atoms with Gasteiger partial charge in [0.05, 0.1) is 11.9 Å². The van der Waals surface area contributed by atoms with Crippen LogP contribution >= 0.6 is 0 Å². The number of aromatic amines is 1. The molecule has 0 bridgehead atoms. The molecular weight excluding hydrogens is 326 g/mol. The molecule has 122 valence electrons. The highest BCUT2D eigenvalue weighted by Crippen LogP contribution is 2.32. The van der Waals surface area contributed by atoms with Crippen molar-refractivity contribution in [2.75, 3.05) is 5.73 Å². The van der Waals surface area contributed by atoms with Gasteiger partial charge in [-0.1, -0.05) is 0 Å². The van der Waals surface area contributed by atoms with Crippen LogP contribution in [0.25, 0.3) is 28.0 Å². The van der Waals surface area contributed by atoms with Gasteiger partial charge in [-0.3, -0.25) is 4.57 Å². The van der Waals surface area contributed by atoms with Gasteiger partial charge in [0, 0.05) is 17.1 Å². The molecule has 0 spiro atoms. The maximum atomic E-state index is 13.6. The number of fused-ring (bicyclic) bond motifs is 1. The minimum absolute atomic E-state index is 0.0665. The Hall–Kier alpha value is -3.73. The Labute approximate surface area is 140 Å². The fraction of sp³-hybridized carbons (Fsp3) is 0. The molecule has 0 atom stereocenters. The second-order valence-corrected chi connectivity index (χ2v) is 5.34. The van der Waals surface area contributed by atoms with E-state index in [0.717, 1.165) is 6.20 Å². The SMILES string of the molecule is N#Cc1c(-c2c[nH]c3ncc(F)cc23)nc(N)n1-c1ccc(F)cc1. The van der Waals surface area contributed by atoms with E-state index in [9.17, 15) is 14.0 Å². The highest BCUT2D eigenvalue weighted by atomic mass is 19.1. The molecule has 3 heterocycles. The average molecular weight is 336 g/mol. The van der Waals surface area contributed by atoms with Crippen LogP contribution in [0.3, 0.4) is 0 Å². The molecule has 1 aromatic carbocycles. The second kappa shape index (κ2) is 5.42. The van der Waals surface area contributed by atoms with E-state index in [1.807, 2.05) is 0 Å². The van der Waals surface area contributed by atoms with E-state index in [1.165, 1.54) is 34.9 Å². The number of nitrogens with zero attached hydrogens (tertiary/aromatic N) is 4. The first-order valence-corrected chi connectivity index (χ1v) is 7.25. The monoisotopic (exact) mass is 336 g/mol.